The molecule has 0 radical (unpaired) electrons. The van der Waals surface area contributed by atoms with Crippen LogP contribution >= 0.6 is 0 Å². The number of ether oxygens (including phenoxy) is 6. The molecule has 6 heteroatoms. The Morgan fingerprint density at radius 3 is 1.54 bits per heavy atom. The summed E-state index contributed by atoms with van der Waals surface area (Å²) >= 11 is 0. The molecule has 3 aromatic rings. The number of fused-ring (bicyclic) bond motifs is 3. The number of hydrogen-bond acceptors (Lipinski definition) is 6. The second-order valence-electron chi connectivity index (χ2n) is 10.8. The molecule has 0 aromatic heterocycles. The molecule has 6 rings (SSSR count). The van der Waals surface area contributed by atoms with Crippen molar-refractivity contribution >= 4 is 0 Å². The molecule has 0 aliphatic carbocycles. The molecule has 3 aliphatic rings. The molecule has 0 saturated carbocycles. The van der Waals surface area contributed by atoms with Crippen molar-refractivity contribution in [3.05, 3.63) is 108 Å². The van der Waals surface area contributed by atoms with Crippen molar-refractivity contribution in [2.45, 2.75) is 75.6 Å². The van der Waals surface area contributed by atoms with Crippen LogP contribution in [0.15, 0.2) is 91.0 Å². The molecular weight excluding hydrogens is 468 g/mol. The zero-order valence-corrected chi connectivity index (χ0v) is 21.7. The van der Waals surface area contributed by atoms with Crippen LogP contribution in [-0.4, -0.2) is 48.9 Å². The second-order valence-corrected chi connectivity index (χ2v) is 10.8. The summed E-state index contributed by atoms with van der Waals surface area (Å²) < 4.78 is 38.5. The molecule has 3 fully saturated rings. The Hall–Kier alpha value is -2.58. The van der Waals surface area contributed by atoms with Gasteiger partial charge in [-0.15, -0.1) is 0 Å². The second kappa shape index (κ2) is 9.31. The highest BCUT2D eigenvalue weighted by molar-refractivity contribution is 5.47. The monoisotopic (exact) mass is 502 g/mol. The van der Waals surface area contributed by atoms with Crippen LogP contribution in [0.3, 0.4) is 0 Å². The van der Waals surface area contributed by atoms with Crippen molar-refractivity contribution < 1.29 is 28.4 Å². The summed E-state index contributed by atoms with van der Waals surface area (Å²) in [6.07, 6.45) is -2.07. The smallest absolute Gasteiger partial charge is 0.190 e. The van der Waals surface area contributed by atoms with Crippen molar-refractivity contribution in [3.8, 4) is 0 Å². The van der Waals surface area contributed by atoms with Gasteiger partial charge in [-0.2, -0.15) is 0 Å². The molecule has 3 aliphatic heterocycles. The van der Waals surface area contributed by atoms with Crippen LogP contribution in [0.1, 0.15) is 44.4 Å². The van der Waals surface area contributed by atoms with Crippen LogP contribution in [-0.2, 0) is 34.0 Å². The fourth-order valence-electron chi connectivity index (χ4n) is 5.80. The summed E-state index contributed by atoms with van der Waals surface area (Å²) in [5, 5.41) is 0. The van der Waals surface area contributed by atoms with Crippen molar-refractivity contribution in [3.63, 3.8) is 0 Å². The fourth-order valence-corrected chi connectivity index (χ4v) is 5.80. The molecule has 0 spiro atoms. The topological polar surface area (TPSA) is 55.4 Å². The summed E-state index contributed by atoms with van der Waals surface area (Å²) in [4.78, 5) is 0. The SMILES string of the molecule is CC1(C)O[C@H]2[C@@H](O1)[C@@H](COC(c1ccccc1)(c1ccccc1)c1ccccc1)O[C@@H]1OC(C)(C)O[C@@H]12. The largest absolute Gasteiger partial charge is 0.358 e. The molecule has 3 saturated heterocycles. The zero-order chi connectivity index (χ0) is 25.7. The van der Waals surface area contributed by atoms with Gasteiger partial charge in [0.05, 0.1) is 6.61 Å². The fraction of sp³-hybridized carbons (Fsp3) is 0.419. The first-order valence-electron chi connectivity index (χ1n) is 12.9. The molecule has 6 nitrogen and oxygen atoms in total. The molecule has 3 heterocycles. The molecule has 194 valence electrons. The molecule has 0 N–H and O–H groups in total. The Bertz CT molecular complexity index is 1100. The van der Waals surface area contributed by atoms with Gasteiger partial charge in [-0.05, 0) is 44.4 Å². The number of hydrogen-bond donors (Lipinski definition) is 0. The van der Waals surface area contributed by atoms with Crippen LogP contribution < -0.4 is 0 Å². The molecule has 3 aromatic carbocycles. The van der Waals surface area contributed by atoms with E-state index >= 15 is 0 Å². The summed E-state index contributed by atoms with van der Waals surface area (Å²) in [6.45, 7) is 7.87. The minimum Gasteiger partial charge on any atom is -0.358 e. The molecule has 5 atom stereocenters. The lowest BCUT2D eigenvalue weighted by Gasteiger charge is -2.41. The maximum absolute atomic E-state index is 7.05. The minimum atomic E-state index is -0.860. The zero-order valence-electron chi connectivity index (χ0n) is 21.7. The van der Waals surface area contributed by atoms with Gasteiger partial charge < -0.3 is 28.4 Å². The van der Waals surface area contributed by atoms with E-state index in [0.29, 0.717) is 0 Å². The number of benzene rings is 3. The van der Waals surface area contributed by atoms with E-state index in [1.54, 1.807) is 0 Å². The molecule has 37 heavy (non-hydrogen) atoms. The maximum Gasteiger partial charge on any atom is 0.190 e. The molecular formula is C31H34O6. The van der Waals surface area contributed by atoms with Crippen molar-refractivity contribution in [2.24, 2.45) is 0 Å². The van der Waals surface area contributed by atoms with Gasteiger partial charge in [0.1, 0.15) is 30.0 Å². The van der Waals surface area contributed by atoms with E-state index in [1.165, 1.54) is 0 Å². The van der Waals surface area contributed by atoms with Gasteiger partial charge in [-0.1, -0.05) is 91.0 Å². The lowest BCUT2D eigenvalue weighted by Crippen LogP contribution is -2.56. The minimum absolute atomic E-state index is 0.256. The molecule has 0 bridgehead atoms. The standard InChI is InChI=1S/C31H34O6/c1-29(2)34-25-24(33-28-27(26(25)35-29)36-30(3,4)37-28)20-32-31(21-14-8-5-9-15-21,22-16-10-6-11-17-22)23-18-12-7-13-19-23/h5-19,24-28H,20H2,1-4H3/t24-,25+,26+,27-,28-/m1/s1. The van der Waals surface area contributed by atoms with Crippen LogP contribution in [0, 0.1) is 0 Å². The van der Waals surface area contributed by atoms with E-state index in [1.807, 2.05) is 82.3 Å². The third-order valence-corrected chi connectivity index (χ3v) is 7.26. The summed E-state index contributed by atoms with van der Waals surface area (Å²) in [6, 6.07) is 30.9. The van der Waals surface area contributed by atoms with Crippen molar-refractivity contribution in [2.75, 3.05) is 6.61 Å². The van der Waals surface area contributed by atoms with Gasteiger partial charge >= 0.3 is 0 Å². The number of rotatable bonds is 6. The Labute approximate surface area is 218 Å². The maximum atomic E-state index is 7.05. The third-order valence-electron chi connectivity index (χ3n) is 7.26. The van der Waals surface area contributed by atoms with E-state index in [0.717, 1.165) is 16.7 Å². The lowest BCUT2D eigenvalue weighted by atomic mass is 9.80. The highest BCUT2D eigenvalue weighted by Crippen LogP contribution is 2.46. The summed E-state index contributed by atoms with van der Waals surface area (Å²) in [7, 11) is 0. The third kappa shape index (κ3) is 4.52. The van der Waals surface area contributed by atoms with Gasteiger partial charge in [-0.3, -0.25) is 0 Å². The van der Waals surface area contributed by atoms with Crippen LogP contribution in [0.4, 0.5) is 0 Å². The van der Waals surface area contributed by atoms with E-state index in [9.17, 15) is 0 Å². The predicted octanol–water partition coefficient (Wildman–Crippen LogP) is 5.39. The molecule has 0 amide bonds. The van der Waals surface area contributed by atoms with Crippen LogP contribution in [0.2, 0.25) is 0 Å². The average Bonchev–Trinajstić information content (AvgIpc) is 3.40. The van der Waals surface area contributed by atoms with E-state index in [2.05, 4.69) is 36.4 Å². The first-order valence-corrected chi connectivity index (χ1v) is 12.9. The highest BCUT2D eigenvalue weighted by atomic mass is 16.9. The first kappa shape index (κ1) is 24.7. The normalized spacial score (nSPS) is 30.0. The van der Waals surface area contributed by atoms with E-state index in [-0.39, 0.29) is 24.9 Å². The van der Waals surface area contributed by atoms with Gasteiger partial charge in [-0.25, -0.2) is 0 Å². The van der Waals surface area contributed by atoms with Crippen LogP contribution in [0.5, 0.6) is 0 Å². The Balaban J connectivity index is 1.39. The summed E-state index contributed by atoms with van der Waals surface area (Å²) in [5.41, 5.74) is 2.23. The van der Waals surface area contributed by atoms with E-state index < -0.39 is 29.6 Å². The van der Waals surface area contributed by atoms with Gasteiger partial charge in [0, 0.05) is 0 Å². The van der Waals surface area contributed by atoms with Gasteiger partial charge in [0.25, 0.3) is 0 Å². The average molecular weight is 503 g/mol. The lowest BCUT2D eigenvalue weighted by molar-refractivity contribution is -0.247. The van der Waals surface area contributed by atoms with E-state index in [4.69, 9.17) is 28.4 Å². The summed E-state index contributed by atoms with van der Waals surface area (Å²) in [5.74, 6) is -1.54. The Kier molecular flexibility index (Phi) is 6.23. The quantitative estimate of drug-likeness (QED) is 0.421. The predicted molar refractivity (Wildman–Crippen MR) is 138 cm³/mol. The van der Waals surface area contributed by atoms with Crippen molar-refractivity contribution in [1.29, 1.82) is 0 Å². The highest BCUT2D eigenvalue weighted by Gasteiger charge is 2.61. The first-order chi connectivity index (χ1) is 17.8. The van der Waals surface area contributed by atoms with Gasteiger partial charge in [0.15, 0.2) is 17.9 Å². The Morgan fingerprint density at radius 1 is 0.595 bits per heavy atom. The molecule has 0 unspecified atom stereocenters. The van der Waals surface area contributed by atoms with Gasteiger partial charge in [0.2, 0.25) is 0 Å². The van der Waals surface area contributed by atoms with Crippen LogP contribution in [0.25, 0.3) is 0 Å². The van der Waals surface area contributed by atoms with Crippen molar-refractivity contribution in [1.82, 2.24) is 0 Å². The Morgan fingerprint density at radius 2 is 1.03 bits per heavy atom.